The van der Waals surface area contributed by atoms with Crippen molar-refractivity contribution in [1.82, 2.24) is 25.9 Å². The molecule has 7 N–H and O–H groups in total. The van der Waals surface area contributed by atoms with E-state index in [-0.39, 0.29) is 18.9 Å². The van der Waals surface area contributed by atoms with Gasteiger partial charge in [-0.1, -0.05) is 13.8 Å². The minimum atomic E-state index is -1.21. The van der Waals surface area contributed by atoms with Crippen LogP contribution in [0.25, 0.3) is 0 Å². The first-order valence-corrected chi connectivity index (χ1v) is 8.48. The number of hydrogen-bond donors (Lipinski definition) is 6. The van der Waals surface area contributed by atoms with Gasteiger partial charge in [0.2, 0.25) is 17.7 Å². The van der Waals surface area contributed by atoms with Crippen molar-refractivity contribution in [1.29, 1.82) is 0 Å². The summed E-state index contributed by atoms with van der Waals surface area (Å²) in [6, 6.07) is -1.75. The Hall–Kier alpha value is -2.95. The number of aromatic nitrogens is 2. The van der Waals surface area contributed by atoms with Crippen LogP contribution in [0, 0.1) is 5.92 Å². The van der Waals surface area contributed by atoms with E-state index in [1.807, 2.05) is 13.8 Å². The highest BCUT2D eigenvalue weighted by Crippen LogP contribution is 2.02. The van der Waals surface area contributed by atoms with Crippen LogP contribution < -0.4 is 21.7 Å². The van der Waals surface area contributed by atoms with Crippen LogP contribution in [0.2, 0.25) is 0 Å². The lowest BCUT2D eigenvalue weighted by molar-refractivity contribution is -0.138. The molecule has 0 radical (unpaired) electrons. The molecule has 150 valence electrons. The fraction of sp³-hybridized carbons (Fsp3) is 0.562. The number of nitrogens with two attached hydrogens (primary N) is 1. The average molecular weight is 382 g/mol. The van der Waals surface area contributed by atoms with Crippen molar-refractivity contribution in [3.05, 3.63) is 18.2 Å². The van der Waals surface area contributed by atoms with E-state index in [0.29, 0.717) is 12.1 Å². The highest BCUT2D eigenvalue weighted by atomic mass is 16.4. The standard InChI is InChI=1S/C16H26N6O5/c1-9(2)3-11(17)15(26)19-6-13(23)22-12(4-10-5-18-8-21-10)16(27)20-7-14(24)25/h5,8-9,11-12H,3-4,6-7,17H2,1-2H3,(H,18,21)(H,19,26)(H,20,27)(H,22,23)(H,24,25). The summed E-state index contributed by atoms with van der Waals surface area (Å²) in [4.78, 5) is 53.3. The van der Waals surface area contributed by atoms with Crippen LogP contribution in [-0.4, -0.2) is 63.9 Å². The smallest absolute Gasteiger partial charge is 0.322 e. The number of nitrogens with one attached hydrogen (secondary N) is 4. The molecule has 0 saturated carbocycles. The molecule has 1 aromatic heterocycles. The third-order valence-corrected chi connectivity index (χ3v) is 3.53. The summed E-state index contributed by atoms with van der Waals surface area (Å²) in [7, 11) is 0. The van der Waals surface area contributed by atoms with Crippen molar-refractivity contribution in [2.24, 2.45) is 11.7 Å². The van der Waals surface area contributed by atoms with Crippen LogP contribution in [0.5, 0.6) is 0 Å². The summed E-state index contributed by atoms with van der Waals surface area (Å²) < 4.78 is 0. The molecule has 0 bridgehead atoms. The normalized spacial score (nSPS) is 12.9. The molecular weight excluding hydrogens is 356 g/mol. The first kappa shape index (κ1) is 22.1. The zero-order valence-electron chi connectivity index (χ0n) is 15.3. The third kappa shape index (κ3) is 8.81. The predicted molar refractivity (Wildman–Crippen MR) is 95.3 cm³/mol. The second-order valence-electron chi connectivity index (χ2n) is 6.47. The van der Waals surface area contributed by atoms with Crippen molar-refractivity contribution in [2.45, 2.75) is 38.8 Å². The van der Waals surface area contributed by atoms with Gasteiger partial charge in [-0.15, -0.1) is 0 Å². The lowest BCUT2D eigenvalue weighted by atomic mass is 10.0. The summed E-state index contributed by atoms with van der Waals surface area (Å²) in [6.07, 6.45) is 3.46. The van der Waals surface area contributed by atoms with Gasteiger partial charge in [0.25, 0.3) is 0 Å². The van der Waals surface area contributed by atoms with Crippen molar-refractivity contribution >= 4 is 23.7 Å². The number of carboxylic acid groups (broad SMARTS) is 1. The van der Waals surface area contributed by atoms with Crippen LogP contribution in [0.3, 0.4) is 0 Å². The number of aliphatic carboxylic acids is 1. The number of rotatable bonds is 11. The number of aromatic amines is 1. The molecule has 11 heteroatoms. The van der Waals surface area contributed by atoms with Crippen molar-refractivity contribution < 1.29 is 24.3 Å². The molecular formula is C16H26N6O5. The van der Waals surface area contributed by atoms with Crippen LogP contribution in [0.15, 0.2) is 12.5 Å². The Labute approximate surface area is 156 Å². The maximum absolute atomic E-state index is 12.1. The summed E-state index contributed by atoms with van der Waals surface area (Å²) in [5.74, 6) is -2.70. The van der Waals surface area contributed by atoms with Crippen molar-refractivity contribution in [2.75, 3.05) is 13.1 Å². The Morgan fingerprint density at radius 2 is 1.85 bits per heavy atom. The third-order valence-electron chi connectivity index (χ3n) is 3.53. The highest BCUT2D eigenvalue weighted by Gasteiger charge is 2.23. The summed E-state index contributed by atoms with van der Waals surface area (Å²) >= 11 is 0. The van der Waals surface area contributed by atoms with Gasteiger partial charge < -0.3 is 31.8 Å². The molecule has 2 unspecified atom stereocenters. The summed E-state index contributed by atoms with van der Waals surface area (Å²) in [5.41, 5.74) is 6.32. The maximum Gasteiger partial charge on any atom is 0.322 e. The van der Waals surface area contributed by atoms with E-state index in [1.165, 1.54) is 12.5 Å². The maximum atomic E-state index is 12.1. The molecule has 27 heavy (non-hydrogen) atoms. The molecule has 0 aromatic carbocycles. The van der Waals surface area contributed by atoms with E-state index < -0.39 is 42.3 Å². The molecule has 0 aliphatic heterocycles. The van der Waals surface area contributed by atoms with E-state index in [1.54, 1.807) is 0 Å². The van der Waals surface area contributed by atoms with Crippen LogP contribution >= 0.6 is 0 Å². The second kappa shape index (κ2) is 10.9. The summed E-state index contributed by atoms with van der Waals surface area (Å²) in [6.45, 7) is 2.93. The zero-order chi connectivity index (χ0) is 20.4. The molecule has 0 aliphatic carbocycles. The molecule has 1 heterocycles. The number of hydrogen-bond acceptors (Lipinski definition) is 6. The molecule has 1 rings (SSSR count). The number of nitrogens with zero attached hydrogens (tertiary/aromatic N) is 1. The molecule has 2 atom stereocenters. The van der Waals surface area contributed by atoms with Crippen LogP contribution in [-0.2, 0) is 25.6 Å². The molecule has 0 aliphatic rings. The second-order valence-corrected chi connectivity index (χ2v) is 6.47. The first-order chi connectivity index (χ1) is 12.7. The molecule has 0 spiro atoms. The number of imidazole rings is 1. The van der Waals surface area contributed by atoms with Gasteiger partial charge in [0.15, 0.2) is 0 Å². The van der Waals surface area contributed by atoms with Crippen molar-refractivity contribution in [3.63, 3.8) is 0 Å². The molecule has 1 aromatic rings. The Balaban J connectivity index is 2.59. The lowest BCUT2D eigenvalue weighted by Gasteiger charge is -2.18. The Kier molecular flexibility index (Phi) is 8.93. The topological polar surface area (TPSA) is 179 Å². The van der Waals surface area contributed by atoms with Gasteiger partial charge in [0.1, 0.15) is 12.6 Å². The van der Waals surface area contributed by atoms with Gasteiger partial charge in [0, 0.05) is 18.3 Å². The van der Waals surface area contributed by atoms with Gasteiger partial charge in [-0.05, 0) is 12.3 Å². The van der Waals surface area contributed by atoms with Crippen LogP contribution in [0.4, 0.5) is 0 Å². The van der Waals surface area contributed by atoms with Gasteiger partial charge in [-0.2, -0.15) is 0 Å². The minimum absolute atomic E-state index is 0.0814. The average Bonchev–Trinajstić information content (AvgIpc) is 3.09. The fourth-order valence-corrected chi connectivity index (χ4v) is 2.27. The Bertz CT molecular complexity index is 646. The van der Waals surface area contributed by atoms with E-state index in [9.17, 15) is 19.2 Å². The summed E-state index contributed by atoms with van der Waals surface area (Å²) in [5, 5.41) is 15.8. The van der Waals surface area contributed by atoms with Crippen molar-refractivity contribution in [3.8, 4) is 0 Å². The first-order valence-electron chi connectivity index (χ1n) is 8.48. The molecule has 11 nitrogen and oxygen atoms in total. The largest absolute Gasteiger partial charge is 0.480 e. The minimum Gasteiger partial charge on any atom is -0.480 e. The van der Waals surface area contributed by atoms with E-state index >= 15 is 0 Å². The number of amides is 3. The molecule has 0 saturated heterocycles. The zero-order valence-corrected chi connectivity index (χ0v) is 15.3. The van der Waals surface area contributed by atoms with E-state index in [0.717, 1.165) is 0 Å². The molecule has 3 amide bonds. The number of H-pyrrole nitrogens is 1. The fourth-order valence-electron chi connectivity index (χ4n) is 2.27. The Morgan fingerprint density at radius 3 is 2.41 bits per heavy atom. The van der Waals surface area contributed by atoms with E-state index in [2.05, 4.69) is 25.9 Å². The van der Waals surface area contributed by atoms with Gasteiger partial charge in [-0.25, -0.2) is 4.98 Å². The lowest BCUT2D eigenvalue weighted by Crippen LogP contribution is -2.52. The quantitative estimate of drug-likeness (QED) is 0.259. The van der Waals surface area contributed by atoms with Gasteiger partial charge >= 0.3 is 5.97 Å². The van der Waals surface area contributed by atoms with Gasteiger partial charge in [0.05, 0.1) is 18.9 Å². The van der Waals surface area contributed by atoms with E-state index in [4.69, 9.17) is 10.8 Å². The molecule has 0 fully saturated rings. The van der Waals surface area contributed by atoms with Gasteiger partial charge in [-0.3, -0.25) is 19.2 Å². The SMILES string of the molecule is CC(C)CC(N)C(=O)NCC(=O)NC(Cc1cnc[nH]1)C(=O)NCC(=O)O. The predicted octanol–water partition coefficient (Wildman–Crippen LogP) is -1.87. The monoisotopic (exact) mass is 382 g/mol. The highest BCUT2D eigenvalue weighted by molar-refractivity contribution is 5.92. The number of carbonyl (C=O) groups is 4. The Morgan fingerprint density at radius 1 is 1.19 bits per heavy atom. The van der Waals surface area contributed by atoms with Crippen LogP contribution in [0.1, 0.15) is 26.0 Å². The number of carbonyl (C=O) groups excluding carboxylic acids is 3. The number of carboxylic acids is 1.